The highest BCUT2D eigenvalue weighted by atomic mass is 16.6. The molecule has 0 aromatic carbocycles. The van der Waals surface area contributed by atoms with E-state index in [9.17, 15) is 0 Å². The van der Waals surface area contributed by atoms with E-state index in [2.05, 4.69) is 12.2 Å². The van der Waals surface area contributed by atoms with E-state index in [1.165, 1.54) is 0 Å². The molecule has 6 nitrogen and oxygen atoms in total. The second kappa shape index (κ2) is 6.54. The van der Waals surface area contributed by atoms with Crippen molar-refractivity contribution in [3.05, 3.63) is 12.2 Å². The Labute approximate surface area is 155 Å². The van der Waals surface area contributed by atoms with Crippen molar-refractivity contribution >= 4 is 0 Å². The number of nitrogens with two attached hydrogens (primary N) is 2. The fourth-order valence-corrected chi connectivity index (χ4v) is 5.58. The Morgan fingerprint density at radius 2 is 1.35 bits per heavy atom. The number of rotatable bonds is 10. The molecule has 0 amide bonds. The Hall–Kier alpha value is -0.500. The summed E-state index contributed by atoms with van der Waals surface area (Å²) in [5, 5.41) is 0. The van der Waals surface area contributed by atoms with Crippen molar-refractivity contribution in [1.82, 2.24) is 0 Å². The molecule has 0 aromatic heterocycles. The predicted molar refractivity (Wildman–Crippen MR) is 96.5 cm³/mol. The van der Waals surface area contributed by atoms with Gasteiger partial charge in [0.15, 0.2) is 0 Å². The molecule has 0 radical (unpaired) electrons. The molecule has 4 N–H and O–H groups in total. The first-order valence-corrected chi connectivity index (χ1v) is 10.2. The molecule has 1 aliphatic carbocycles. The van der Waals surface area contributed by atoms with Gasteiger partial charge in [0.2, 0.25) is 0 Å². The molecule has 4 heterocycles. The summed E-state index contributed by atoms with van der Waals surface area (Å²) in [6, 6.07) is 0. The third-order valence-electron chi connectivity index (χ3n) is 7.39. The summed E-state index contributed by atoms with van der Waals surface area (Å²) in [5.74, 6) is 0.826. The number of allylic oxidation sites excluding steroid dienone is 1. The van der Waals surface area contributed by atoms with Gasteiger partial charge < -0.3 is 30.4 Å². The summed E-state index contributed by atoms with van der Waals surface area (Å²) in [4.78, 5) is 0. The molecule has 26 heavy (non-hydrogen) atoms. The lowest BCUT2D eigenvalue weighted by Gasteiger charge is -2.56. The molecule has 8 atom stereocenters. The van der Waals surface area contributed by atoms with Gasteiger partial charge in [0, 0.05) is 12.0 Å². The Balaban J connectivity index is 1.52. The first kappa shape index (κ1) is 17.6. The van der Waals surface area contributed by atoms with E-state index in [1.807, 2.05) is 0 Å². The van der Waals surface area contributed by atoms with Crippen LogP contribution in [0.5, 0.6) is 0 Å². The lowest BCUT2D eigenvalue weighted by Crippen LogP contribution is -2.56. The number of epoxide rings is 4. The highest BCUT2D eigenvalue weighted by molar-refractivity contribution is 5.21. The molecular formula is C20H32N2O4. The SMILES string of the molecule is NCC1(CC2CO2)C=CC(CC2CO2)C(CN)(CC2CO2)C1CC1CO1. The van der Waals surface area contributed by atoms with Crippen molar-refractivity contribution in [1.29, 1.82) is 0 Å². The van der Waals surface area contributed by atoms with Gasteiger partial charge in [-0.15, -0.1) is 0 Å². The molecule has 0 saturated carbocycles. The van der Waals surface area contributed by atoms with E-state index in [-0.39, 0.29) is 10.8 Å². The van der Waals surface area contributed by atoms with Gasteiger partial charge in [0.05, 0.1) is 50.8 Å². The van der Waals surface area contributed by atoms with Gasteiger partial charge in [0.1, 0.15) is 0 Å². The average molecular weight is 364 g/mol. The van der Waals surface area contributed by atoms with Crippen LogP contribution in [0.3, 0.4) is 0 Å². The maximum absolute atomic E-state index is 6.57. The molecule has 5 rings (SSSR count). The molecule has 4 saturated heterocycles. The molecule has 0 bridgehead atoms. The van der Waals surface area contributed by atoms with Gasteiger partial charge >= 0.3 is 0 Å². The lowest BCUT2D eigenvalue weighted by atomic mass is 9.49. The second-order valence-corrected chi connectivity index (χ2v) is 9.09. The Bertz CT molecular complexity index is 556. The van der Waals surface area contributed by atoms with Gasteiger partial charge in [-0.3, -0.25) is 0 Å². The first-order valence-electron chi connectivity index (χ1n) is 10.2. The van der Waals surface area contributed by atoms with Gasteiger partial charge in [0.25, 0.3) is 0 Å². The van der Waals surface area contributed by atoms with E-state index < -0.39 is 0 Å². The first-order chi connectivity index (χ1) is 12.7. The number of hydrogen-bond acceptors (Lipinski definition) is 6. The van der Waals surface area contributed by atoms with Gasteiger partial charge in [-0.2, -0.15) is 0 Å². The fourth-order valence-electron chi connectivity index (χ4n) is 5.58. The number of ether oxygens (including phenoxy) is 4. The minimum Gasteiger partial charge on any atom is -0.373 e. The Morgan fingerprint density at radius 3 is 1.88 bits per heavy atom. The van der Waals surface area contributed by atoms with Crippen LogP contribution in [0.4, 0.5) is 0 Å². The predicted octanol–water partition coefficient (Wildman–Crippen LogP) is 0.834. The van der Waals surface area contributed by atoms with E-state index in [4.69, 9.17) is 30.4 Å². The highest BCUT2D eigenvalue weighted by Gasteiger charge is 2.58. The van der Waals surface area contributed by atoms with Crippen LogP contribution in [0.25, 0.3) is 0 Å². The molecule has 146 valence electrons. The van der Waals surface area contributed by atoms with Gasteiger partial charge in [-0.05, 0) is 49.5 Å². The third-order valence-corrected chi connectivity index (χ3v) is 7.39. The van der Waals surface area contributed by atoms with Crippen molar-refractivity contribution in [2.45, 2.75) is 50.1 Å². The molecule has 4 fully saturated rings. The topological polar surface area (TPSA) is 102 Å². The highest BCUT2D eigenvalue weighted by Crippen LogP contribution is 2.59. The summed E-state index contributed by atoms with van der Waals surface area (Å²) < 4.78 is 22.5. The van der Waals surface area contributed by atoms with Crippen LogP contribution in [0.2, 0.25) is 0 Å². The van der Waals surface area contributed by atoms with Crippen LogP contribution in [-0.4, -0.2) is 63.9 Å². The maximum atomic E-state index is 6.57. The zero-order valence-corrected chi connectivity index (χ0v) is 15.5. The minimum absolute atomic E-state index is 0.00206. The normalized spacial score (nSPS) is 51.3. The number of hydrogen-bond donors (Lipinski definition) is 2. The van der Waals surface area contributed by atoms with Crippen molar-refractivity contribution < 1.29 is 18.9 Å². The summed E-state index contributed by atoms with van der Waals surface area (Å²) in [7, 11) is 0. The summed E-state index contributed by atoms with van der Waals surface area (Å²) >= 11 is 0. The minimum atomic E-state index is -0.0533. The Kier molecular flexibility index (Phi) is 4.42. The summed E-state index contributed by atoms with van der Waals surface area (Å²) in [6.07, 6.45) is 10.4. The maximum Gasteiger partial charge on any atom is 0.0818 e. The van der Waals surface area contributed by atoms with Gasteiger partial charge in [-0.25, -0.2) is 0 Å². The molecular weight excluding hydrogens is 332 g/mol. The lowest BCUT2D eigenvalue weighted by molar-refractivity contribution is -0.0239. The van der Waals surface area contributed by atoms with Crippen molar-refractivity contribution in [2.75, 3.05) is 39.5 Å². The largest absolute Gasteiger partial charge is 0.373 e. The third kappa shape index (κ3) is 3.36. The molecule has 0 aromatic rings. The van der Waals surface area contributed by atoms with Crippen LogP contribution < -0.4 is 11.5 Å². The quantitative estimate of drug-likeness (QED) is 0.440. The molecule has 6 heteroatoms. The van der Waals surface area contributed by atoms with Crippen molar-refractivity contribution in [2.24, 2.45) is 34.1 Å². The van der Waals surface area contributed by atoms with Crippen LogP contribution in [0.1, 0.15) is 25.7 Å². The van der Waals surface area contributed by atoms with Crippen LogP contribution in [0, 0.1) is 22.7 Å². The summed E-state index contributed by atoms with van der Waals surface area (Å²) in [5.41, 5.74) is 13.0. The standard InChI is InChI=1S/C20H32N2O4/c21-11-19(5-16-9-25-16)2-1-13(3-14-7-23-14)20(12-22,6-17-10-26-17)18(19)4-15-8-24-15/h1-2,13-18H,3-12,21-22H2. The van der Waals surface area contributed by atoms with E-state index >= 15 is 0 Å². The van der Waals surface area contributed by atoms with Crippen molar-refractivity contribution in [3.63, 3.8) is 0 Å². The molecule has 8 unspecified atom stereocenters. The van der Waals surface area contributed by atoms with Crippen LogP contribution in [-0.2, 0) is 18.9 Å². The zero-order chi connectivity index (χ0) is 17.8. The van der Waals surface area contributed by atoms with E-state index in [0.717, 1.165) is 52.1 Å². The van der Waals surface area contributed by atoms with Crippen LogP contribution >= 0.6 is 0 Å². The Morgan fingerprint density at radius 1 is 0.769 bits per heavy atom. The van der Waals surface area contributed by atoms with Crippen molar-refractivity contribution in [3.8, 4) is 0 Å². The average Bonchev–Trinajstić information content (AvgIpc) is 3.45. The monoisotopic (exact) mass is 364 g/mol. The smallest absolute Gasteiger partial charge is 0.0818 e. The fraction of sp³-hybridized carbons (Fsp3) is 0.900. The van der Waals surface area contributed by atoms with Crippen LogP contribution in [0.15, 0.2) is 12.2 Å². The van der Waals surface area contributed by atoms with E-state index in [1.54, 1.807) is 0 Å². The second-order valence-electron chi connectivity index (χ2n) is 9.09. The summed E-state index contributed by atoms with van der Waals surface area (Å²) in [6.45, 7) is 4.80. The van der Waals surface area contributed by atoms with Gasteiger partial charge in [-0.1, -0.05) is 12.2 Å². The molecule has 0 spiro atoms. The van der Waals surface area contributed by atoms with E-state index in [0.29, 0.717) is 49.3 Å². The zero-order valence-electron chi connectivity index (χ0n) is 15.5. The molecule has 4 aliphatic heterocycles. The molecule has 5 aliphatic rings.